The van der Waals surface area contributed by atoms with Gasteiger partial charge in [0.2, 0.25) is 0 Å². The molecule has 0 radical (unpaired) electrons. The van der Waals surface area contributed by atoms with Crippen LogP contribution in [-0.4, -0.2) is 18.0 Å². The van der Waals surface area contributed by atoms with Crippen LogP contribution in [0.15, 0.2) is 11.6 Å². The Morgan fingerprint density at radius 1 is 0.958 bits per heavy atom. The molecule has 1 heterocycles. The Morgan fingerprint density at radius 2 is 1.58 bits per heavy atom. The third-order valence-corrected chi connectivity index (χ3v) is 5.14. The molecule has 24 heavy (non-hydrogen) atoms. The van der Waals surface area contributed by atoms with Gasteiger partial charge in [0.15, 0.2) is 0 Å². The summed E-state index contributed by atoms with van der Waals surface area (Å²) in [7, 11) is 0. The summed E-state index contributed by atoms with van der Waals surface area (Å²) in [5.41, 5.74) is 1.27. The molecule has 0 amide bonds. The number of ether oxygens (including phenoxy) is 1. The van der Waals surface area contributed by atoms with Crippen LogP contribution in [0.5, 0.6) is 0 Å². The molecule has 0 bridgehead atoms. The van der Waals surface area contributed by atoms with E-state index in [1.807, 2.05) is 0 Å². The first-order valence-electron chi connectivity index (χ1n) is 10.5. The molecule has 1 aliphatic heterocycles. The van der Waals surface area contributed by atoms with Gasteiger partial charge in [-0.2, -0.15) is 0 Å². The summed E-state index contributed by atoms with van der Waals surface area (Å²) in [4.78, 5) is 12.0. The van der Waals surface area contributed by atoms with Crippen LogP contribution in [0, 0.1) is 0 Å². The predicted octanol–water partition coefficient (Wildman–Crippen LogP) is 6.77. The number of unbranched alkanes of at least 4 members (excludes halogenated alkanes) is 9. The van der Waals surface area contributed by atoms with Crippen molar-refractivity contribution in [2.75, 3.05) is 0 Å². The molecular formula is C22H40O2. The molecule has 1 fully saturated rings. The van der Waals surface area contributed by atoms with E-state index in [0.717, 1.165) is 12.8 Å². The number of carbonyl (C=O) groups excluding carboxylic acids is 1. The number of Topliss-reactive ketones (excluding diaryl/α,β-unsaturated/α-hetero) is 1. The molecule has 0 aromatic carbocycles. The first-order chi connectivity index (χ1) is 11.7. The van der Waals surface area contributed by atoms with E-state index in [-0.39, 0.29) is 12.2 Å². The highest BCUT2D eigenvalue weighted by Gasteiger charge is 2.28. The number of rotatable bonds is 13. The van der Waals surface area contributed by atoms with E-state index in [1.54, 1.807) is 0 Å². The van der Waals surface area contributed by atoms with Gasteiger partial charge >= 0.3 is 0 Å². The number of hydrogen-bond acceptors (Lipinski definition) is 2. The Morgan fingerprint density at radius 3 is 2.29 bits per heavy atom. The molecule has 2 nitrogen and oxygen atoms in total. The lowest BCUT2D eigenvalue weighted by molar-refractivity contribution is -0.133. The largest absolute Gasteiger partial charge is 0.370 e. The minimum Gasteiger partial charge on any atom is -0.370 e. The number of carbonyl (C=O) groups is 1. The Hall–Kier alpha value is -0.630. The zero-order chi connectivity index (χ0) is 17.6. The van der Waals surface area contributed by atoms with Crippen molar-refractivity contribution in [2.24, 2.45) is 0 Å². The Labute approximate surface area is 150 Å². The molecule has 0 N–H and O–H groups in total. The molecule has 0 saturated carbocycles. The summed E-state index contributed by atoms with van der Waals surface area (Å²) in [6.07, 6.45) is 18.9. The fourth-order valence-electron chi connectivity index (χ4n) is 3.50. The summed E-state index contributed by atoms with van der Waals surface area (Å²) in [6.45, 7) is 6.64. The maximum Gasteiger partial charge on any atom is 0.138 e. The van der Waals surface area contributed by atoms with Gasteiger partial charge < -0.3 is 4.74 Å². The normalized spacial score (nSPS) is 22.1. The van der Waals surface area contributed by atoms with Gasteiger partial charge in [0.25, 0.3) is 0 Å². The summed E-state index contributed by atoms with van der Waals surface area (Å²) < 4.78 is 6.22. The Bertz CT molecular complexity index is 359. The van der Waals surface area contributed by atoms with Gasteiger partial charge in [-0.25, -0.2) is 0 Å². The van der Waals surface area contributed by atoms with E-state index in [9.17, 15) is 4.79 Å². The van der Waals surface area contributed by atoms with Crippen molar-refractivity contribution >= 4 is 5.78 Å². The standard InChI is InChI=1S/C22H40O2/c1-4-6-8-10-11-12-13-15-19(3)22-18-20(23)17-21(24-22)16-14-9-7-5-2/h15,21-22H,4-14,16-18H2,1-3H3/b19-15+/t21-,22-/m1/s1. The minimum absolute atomic E-state index is 0.0440. The van der Waals surface area contributed by atoms with E-state index in [1.165, 1.54) is 69.8 Å². The van der Waals surface area contributed by atoms with Gasteiger partial charge in [0.1, 0.15) is 5.78 Å². The third kappa shape index (κ3) is 9.61. The molecule has 0 aromatic heterocycles. The minimum atomic E-state index is 0.0440. The summed E-state index contributed by atoms with van der Waals surface area (Å²) in [5.74, 6) is 0.388. The molecule has 2 atom stereocenters. The lowest BCUT2D eigenvalue weighted by atomic mass is 9.94. The molecule has 1 aliphatic rings. The van der Waals surface area contributed by atoms with Crippen molar-refractivity contribution in [1.82, 2.24) is 0 Å². The molecule has 1 rings (SSSR count). The van der Waals surface area contributed by atoms with Gasteiger partial charge in [-0.3, -0.25) is 4.79 Å². The topological polar surface area (TPSA) is 26.3 Å². The molecule has 0 spiro atoms. The summed E-state index contributed by atoms with van der Waals surface area (Å²) in [5, 5.41) is 0. The van der Waals surface area contributed by atoms with E-state index in [2.05, 4.69) is 26.8 Å². The highest BCUT2D eigenvalue weighted by atomic mass is 16.5. The van der Waals surface area contributed by atoms with Gasteiger partial charge in [0, 0.05) is 12.8 Å². The number of allylic oxidation sites excluding steroid dienone is 1. The van der Waals surface area contributed by atoms with Crippen molar-refractivity contribution in [1.29, 1.82) is 0 Å². The quantitative estimate of drug-likeness (QED) is 0.274. The smallest absolute Gasteiger partial charge is 0.138 e. The molecule has 0 aromatic rings. The van der Waals surface area contributed by atoms with Crippen molar-refractivity contribution < 1.29 is 9.53 Å². The fourth-order valence-corrected chi connectivity index (χ4v) is 3.50. The van der Waals surface area contributed by atoms with E-state index in [4.69, 9.17) is 4.74 Å². The fraction of sp³-hybridized carbons (Fsp3) is 0.864. The van der Waals surface area contributed by atoms with Crippen LogP contribution < -0.4 is 0 Å². The summed E-state index contributed by atoms with van der Waals surface area (Å²) >= 11 is 0. The average molecular weight is 337 g/mol. The second-order valence-corrected chi connectivity index (χ2v) is 7.55. The maximum atomic E-state index is 12.0. The van der Waals surface area contributed by atoms with Crippen LogP contribution in [-0.2, 0) is 9.53 Å². The second kappa shape index (κ2) is 13.6. The second-order valence-electron chi connectivity index (χ2n) is 7.55. The van der Waals surface area contributed by atoms with E-state index >= 15 is 0 Å². The lowest BCUT2D eigenvalue weighted by Gasteiger charge is -2.30. The SMILES string of the molecule is CCCCCCCC/C=C(\C)[C@H]1CC(=O)C[C@@H](CCCCCC)O1. The highest BCUT2D eigenvalue weighted by Crippen LogP contribution is 2.25. The Balaban J connectivity index is 2.27. The van der Waals surface area contributed by atoms with Crippen molar-refractivity contribution in [3.05, 3.63) is 11.6 Å². The molecule has 1 saturated heterocycles. The number of ketones is 1. The van der Waals surface area contributed by atoms with Crippen molar-refractivity contribution in [2.45, 2.75) is 123 Å². The van der Waals surface area contributed by atoms with Crippen molar-refractivity contribution in [3.8, 4) is 0 Å². The van der Waals surface area contributed by atoms with E-state index in [0.29, 0.717) is 18.6 Å². The maximum absolute atomic E-state index is 12.0. The Kier molecular flexibility index (Phi) is 12.2. The average Bonchev–Trinajstić information content (AvgIpc) is 2.57. The van der Waals surface area contributed by atoms with Gasteiger partial charge in [-0.1, -0.05) is 77.7 Å². The van der Waals surface area contributed by atoms with E-state index < -0.39 is 0 Å². The van der Waals surface area contributed by atoms with Crippen LogP contribution in [0.3, 0.4) is 0 Å². The lowest BCUT2D eigenvalue weighted by Crippen LogP contribution is -2.33. The first-order valence-corrected chi connectivity index (χ1v) is 10.5. The van der Waals surface area contributed by atoms with Gasteiger partial charge in [0.05, 0.1) is 12.2 Å². The van der Waals surface area contributed by atoms with Crippen LogP contribution >= 0.6 is 0 Å². The van der Waals surface area contributed by atoms with Crippen molar-refractivity contribution in [3.63, 3.8) is 0 Å². The summed E-state index contributed by atoms with van der Waals surface area (Å²) in [6, 6.07) is 0. The predicted molar refractivity (Wildman–Crippen MR) is 103 cm³/mol. The monoisotopic (exact) mass is 336 g/mol. The van der Waals surface area contributed by atoms with Crippen LogP contribution in [0.25, 0.3) is 0 Å². The zero-order valence-corrected chi connectivity index (χ0v) is 16.4. The molecular weight excluding hydrogens is 296 g/mol. The first kappa shape index (κ1) is 21.4. The van der Waals surface area contributed by atoms with Crippen LogP contribution in [0.1, 0.15) is 111 Å². The highest BCUT2D eigenvalue weighted by molar-refractivity contribution is 5.80. The third-order valence-electron chi connectivity index (χ3n) is 5.14. The van der Waals surface area contributed by atoms with Gasteiger partial charge in [-0.15, -0.1) is 0 Å². The number of hydrogen-bond donors (Lipinski definition) is 0. The molecule has 140 valence electrons. The molecule has 0 aliphatic carbocycles. The zero-order valence-electron chi connectivity index (χ0n) is 16.4. The molecule has 2 heteroatoms. The van der Waals surface area contributed by atoms with Crippen LogP contribution in [0.2, 0.25) is 0 Å². The van der Waals surface area contributed by atoms with Crippen LogP contribution in [0.4, 0.5) is 0 Å². The van der Waals surface area contributed by atoms with Gasteiger partial charge in [-0.05, 0) is 31.8 Å². The molecule has 0 unspecified atom stereocenters.